The van der Waals surface area contributed by atoms with Crippen LogP contribution in [0.15, 0.2) is 24.4 Å². The summed E-state index contributed by atoms with van der Waals surface area (Å²) in [6.45, 7) is 0.919. The number of nitrogens with one attached hydrogen (secondary N) is 2. The molecule has 0 atom stereocenters. The van der Waals surface area contributed by atoms with Crippen molar-refractivity contribution >= 4 is 17.3 Å². The Bertz CT molecular complexity index is 612. The Kier molecular flexibility index (Phi) is 4.70. The molecule has 6 nitrogen and oxygen atoms in total. The van der Waals surface area contributed by atoms with E-state index in [9.17, 15) is 10.1 Å². The Morgan fingerprint density at radius 3 is 3.00 bits per heavy atom. The van der Waals surface area contributed by atoms with Crippen molar-refractivity contribution in [2.24, 2.45) is 0 Å². The Labute approximate surface area is 121 Å². The molecule has 0 unspecified atom stereocenters. The molecule has 0 spiro atoms. The number of benzene rings is 1. The summed E-state index contributed by atoms with van der Waals surface area (Å²) in [6, 6.07) is 4.71. The monoisotopic (exact) mass is 294 g/mol. The molecule has 0 saturated carbocycles. The van der Waals surface area contributed by atoms with E-state index in [1.807, 2.05) is 7.05 Å². The molecule has 1 aromatic carbocycles. The minimum Gasteiger partial charge on any atom is -0.342 e. The standard InChI is InChI=1S/C13H15ClN4O2/c1-15-6-2-3-13-16-8-11(17-13)9-4-5-10(14)12(7-9)18(19)20/h4-5,7-8,15H,2-3,6H2,1H3,(H,16,17). The number of halogens is 1. The maximum atomic E-state index is 10.9. The highest BCUT2D eigenvalue weighted by Gasteiger charge is 2.14. The quantitative estimate of drug-likeness (QED) is 0.487. The summed E-state index contributed by atoms with van der Waals surface area (Å²) >= 11 is 5.79. The van der Waals surface area contributed by atoms with Gasteiger partial charge in [0, 0.05) is 18.1 Å². The zero-order valence-corrected chi connectivity index (χ0v) is 11.8. The number of rotatable bonds is 6. The van der Waals surface area contributed by atoms with Gasteiger partial charge in [0.25, 0.3) is 5.69 Å². The molecule has 0 bridgehead atoms. The van der Waals surface area contributed by atoms with Crippen LogP contribution in [0, 0.1) is 10.1 Å². The number of aromatic amines is 1. The van der Waals surface area contributed by atoms with Crippen LogP contribution < -0.4 is 5.32 Å². The zero-order chi connectivity index (χ0) is 14.5. The van der Waals surface area contributed by atoms with E-state index >= 15 is 0 Å². The number of nitrogens with zero attached hydrogens (tertiary/aromatic N) is 2. The van der Waals surface area contributed by atoms with Gasteiger partial charge in [0.2, 0.25) is 0 Å². The molecule has 0 amide bonds. The topological polar surface area (TPSA) is 83.8 Å². The SMILES string of the molecule is CNCCCc1ncc(-c2ccc(Cl)c([N+](=O)[O-])c2)[nH]1. The van der Waals surface area contributed by atoms with E-state index in [-0.39, 0.29) is 10.7 Å². The highest BCUT2D eigenvalue weighted by atomic mass is 35.5. The van der Waals surface area contributed by atoms with Crippen molar-refractivity contribution in [3.63, 3.8) is 0 Å². The van der Waals surface area contributed by atoms with Crippen molar-refractivity contribution in [1.82, 2.24) is 15.3 Å². The van der Waals surface area contributed by atoms with Crippen LogP contribution >= 0.6 is 11.6 Å². The lowest BCUT2D eigenvalue weighted by Gasteiger charge is -2.00. The van der Waals surface area contributed by atoms with E-state index in [1.165, 1.54) is 12.1 Å². The van der Waals surface area contributed by atoms with Gasteiger partial charge in [0.1, 0.15) is 10.8 Å². The molecule has 0 aliphatic rings. The Hall–Kier alpha value is -1.92. The lowest BCUT2D eigenvalue weighted by molar-refractivity contribution is -0.384. The predicted molar refractivity (Wildman–Crippen MR) is 77.9 cm³/mol. The summed E-state index contributed by atoms with van der Waals surface area (Å²) in [7, 11) is 1.90. The van der Waals surface area contributed by atoms with Crippen LogP contribution in [0.4, 0.5) is 5.69 Å². The van der Waals surface area contributed by atoms with Crippen molar-refractivity contribution in [2.45, 2.75) is 12.8 Å². The summed E-state index contributed by atoms with van der Waals surface area (Å²) in [4.78, 5) is 17.8. The van der Waals surface area contributed by atoms with Gasteiger partial charge in [-0.05, 0) is 26.1 Å². The maximum Gasteiger partial charge on any atom is 0.288 e. The van der Waals surface area contributed by atoms with Crippen molar-refractivity contribution in [3.05, 3.63) is 45.4 Å². The lowest BCUT2D eigenvalue weighted by Crippen LogP contribution is -2.08. The summed E-state index contributed by atoms with van der Waals surface area (Å²) in [6.07, 6.45) is 3.49. The van der Waals surface area contributed by atoms with Crippen molar-refractivity contribution in [2.75, 3.05) is 13.6 Å². The lowest BCUT2D eigenvalue weighted by atomic mass is 10.1. The maximum absolute atomic E-state index is 10.9. The van der Waals surface area contributed by atoms with Crippen LogP contribution in [0.25, 0.3) is 11.3 Å². The fourth-order valence-electron chi connectivity index (χ4n) is 1.89. The molecule has 20 heavy (non-hydrogen) atoms. The molecule has 0 aliphatic heterocycles. The minimum atomic E-state index is -0.490. The smallest absolute Gasteiger partial charge is 0.288 e. The van der Waals surface area contributed by atoms with Gasteiger partial charge in [-0.15, -0.1) is 0 Å². The van der Waals surface area contributed by atoms with Crippen LogP contribution in [0.1, 0.15) is 12.2 Å². The minimum absolute atomic E-state index is 0.101. The Morgan fingerprint density at radius 1 is 1.50 bits per heavy atom. The average Bonchev–Trinajstić information content (AvgIpc) is 2.88. The molecule has 0 radical (unpaired) electrons. The van der Waals surface area contributed by atoms with Gasteiger partial charge in [0.05, 0.1) is 16.8 Å². The normalized spacial score (nSPS) is 10.7. The van der Waals surface area contributed by atoms with Crippen molar-refractivity contribution < 1.29 is 4.92 Å². The van der Waals surface area contributed by atoms with E-state index in [0.29, 0.717) is 5.56 Å². The van der Waals surface area contributed by atoms with Crippen LogP contribution in [0.5, 0.6) is 0 Å². The highest BCUT2D eigenvalue weighted by Crippen LogP contribution is 2.29. The molecule has 0 aliphatic carbocycles. The number of aryl methyl sites for hydroxylation is 1. The third-order valence-electron chi connectivity index (χ3n) is 2.92. The summed E-state index contributed by atoms with van der Waals surface area (Å²) < 4.78 is 0. The largest absolute Gasteiger partial charge is 0.342 e. The van der Waals surface area contributed by atoms with Crippen LogP contribution in [-0.4, -0.2) is 28.5 Å². The number of hydrogen-bond acceptors (Lipinski definition) is 4. The van der Waals surface area contributed by atoms with Crippen LogP contribution in [0.2, 0.25) is 5.02 Å². The first-order valence-electron chi connectivity index (χ1n) is 6.24. The first kappa shape index (κ1) is 14.5. The number of imidazole rings is 1. The van der Waals surface area contributed by atoms with Gasteiger partial charge >= 0.3 is 0 Å². The van der Waals surface area contributed by atoms with Crippen molar-refractivity contribution in [1.29, 1.82) is 0 Å². The number of nitro groups is 1. The number of hydrogen-bond donors (Lipinski definition) is 2. The van der Waals surface area contributed by atoms with Gasteiger partial charge in [-0.2, -0.15) is 0 Å². The zero-order valence-electron chi connectivity index (χ0n) is 11.0. The first-order valence-corrected chi connectivity index (χ1v) is 6.62. The Morgan fingerprint density at radius 2 is 2.30 bits per heavy atom. The van der Waals surface area contributed by atoms with Gasteiger partial charge < -0.3 is 10.3 Å². The van der Waals surface area contributed by atoms with E-state index in [2.05, 4.69) is 15.3 Å². The number of H-pyrrole nitrogens is 1. The predicted octanol–water partition coefficient (Wildman–Crippen LogP) is 2.79. The van der Waals surface area contributed by atoms with E-state index < -0.39 is 4.92 Å². The summed E-state index contributed by atoms with van der Waals surface area (Å²) in [5.74, 6) is 0.868. The molecular formula is C13H15ClN4O2. The third-order valence-corrected chi connectivity index (χ3v) is 3.24. The van der Waals surface area contributed by atoms with E-state index in [0.717, 1.165) is 30.9 Å². The van der Waals surface area contributed by atoms with E-state index in [4.69, 9.17) is 11.6 Å². The molecule has 2 N–H and O–H groups in total. The Balaban J connectivity index is 2.19. The summed E-state index contributed by atoms with van der Waals surface area (Å²) in [5.41, 5.74) is 1.35. The van der Waals surface area contributed by atoms with Gasteiger partial charge in [-0.25, -0.2) is 4.98 Å². The second-order valence-electron chi connectivity index (χ2n) is 4.37. The molecule has 1 aromatic heterocycles. The second kappa shape index (κ2) is 6.49. The molecule has 7 heteroatoms. The number of nitro benzene ring substituents is 1. The van der Waals surface area contributed by atoms with E-state index in [1.54, 1.807) is 12.3 Å². The number of aromatic nitrogens is 2. The fourth-order valence-corrected chi connectivity index (χ4v) is 2.08. The molecule has 0 saturated heterocycles. The molecule has 2 rings (SSSR count). The molecule has 2 aromatic rings. The van der Waals surface area contributed by atoms with Crippen LogP contribution in [-0.2, 0) is 6.42 Å². The van der Waals surface area contributed by atoms with Gasteiger partial charge in [-0.3, -0.25) is 10.1 Å². The van der Waals surface area contributed by atoms with Crippen molar-refractivity contribution in [3.8, 4) is 11.3 Å². The summed E-state index contributed by atoms with van der Waals surface area (Å²) in [5, 5.41) is 14.1. The molecule has 1 heterocycles. The molecule has 106 valence electrons. The van der Waals surface area contributed by atoms with Crippen LogP contribution in [0.3, 0.4) is 0 Å². The second-order valence-corrected chi connectivity index (χ2v) is 4.78. The first-order chi connectivity index (χ1) is 9.61. The highest BCUT2D eigenvalue weighted by molar-refractivity contribution is 6.32. The molecular weight excluding hydrogens is 280 g/mol. The fraction of sp³-hybridized carbons (Fsp3) is 0.308. The molecule has 0 fully saturated rings. The van der Waals surface area contributed by atoms with Gasteiger partial charge in [-0.1, -0.05) is 17.7 Å². The third kappa shape index (κ3) is 3.34. The average molecular weight is 295 g/mol. The van der Waals surface area contributed by atoms with Gasteiger partial charge in [0.15, 0.2) is 0 Å².